The van der Waals surface area contributed by atoms with Crippen LogP contribution in [0.4, 0.5) is 14.6 Å². The minimum atomic E-state index is -1.23. The van der Waals surface area contributed by atoms with Gasteiger partial charge < -0.3 is 25.4 Å². The highest BCUT2D eigenvalue weighted by Gasteiger charge is 2.75. The van der Waals surface area contributed by atoms with Crippen LogP contribution < -0.4 is 10.6 Å². The van der Waals surface area contributed by atoms with Crippen molar-refractivity contribution >= 4 is 22.9 Å². The molecule has 5 unspecified atom stereocenters. The molecule has 3 saturated carbocycles. The maximum atomic E-state index is 13.8. The monoisotopic (exact) mass is 556 g/mol. The molecule has 2 aromatic carbocycles. The summed E-state index contributed by atoms with van der Waals surface area (Å²) in [5.41, 5.74) is 1.25. The predicted molar refractivity (Wildman–Crippen MR) is 145 cm³/mol. The molecule has 41 heavy (non-hydrogen) atoms. The van der Waals surface area contributed by atoms with Gasteiger partial charge in [-0.2, -0.15) is 0 Å². The van der Waals surface area contributed by atoms with Gasteiger partial charge in [-0.15, -0.1) is 0 Å². The van der Waals surface area contributed by atoms with Gasteiger partial charge in [-0.25, -0.2) is 23.7 Å². The van der Waals surface area contributed by atoms with Crippen LogP contribution in [0.15, 0.2) is 54.9 Å². The van der Waals surface area contributed by atoms with E-state index in [4.69, 9.17) is 0 Å². The fourth-order valence-corrected chi connectivity index (χ4v) is 6.37. The Morgan fingerprint density at radius 1 is 1.10 bits per heavy atom. The van der Waals surface area contributed by atoms with E-state index >= 15 is 0 Å². The Morgan fingerprint density at radius 2 is 1.90 bits per heavy atom. The molecule has 7 rings (SSSR count). The second kappa shape index (κ2) is 9.33. The van der Waals surface area contributed by atoms with Crippen LogP contribution in [0.5, 0.6) is 0 Å². The summed E-state index contributed by atoms with van der Waals surface area (Å²) in [6, 6.07) is 12.6. The van der Waals surface area contributed by atoms with Gasteiger partial charge in [-0.1, -0.05) is 30.2 Å². The standard InChI is InChI=1S/C30H26F2N6O3/c1-33-29(41)30-13-18(30)24(25(39)26(30)40)38-14-34-23-27(35-21-12-17(21)16-8-9-19(31)20(32)11-16)36-22(37-28(23)38)10-7-15-5-3-2-4-6-15/h2-6,8-9,11,14,17-18,21,24-26,39-40H,12-13H2,1H3,(H,33,41)(H,35,36,37)/t17-,18?,21+,24?,25?,26?,30?/m1/s1. The lowest BCUT2D eigenvalue weighted by molar-refractivity contribution is -0.132. The van der Waals surface area contributed by atoms with Gasteiger partial charge in [0, 0.05) is 30.5 Å². The van der Waals surface area contributed by atoms with Gasteiger partial charge in [-0.3, -0.25) is 4.79 Å². The van der Waals surface area contributed by atoms with E-state index in [9.17, 15) is 23.8 Å². The summed E-state index contributed by atoms with van der Waals surface area (Å²) in [7, 11) is 1.51. The molecule has 9 nitrogen and oxygen atoms in total. The van der Waals surface area contributed by atoms with Crippen LogP contribution in [0.3, 0.4) is 0 Å². The lowest BCUT2D eigenvalue weighted by atomic mass is 9.98. The quantitative estimate of drug-likeness (QED) is 0.279. The zero-order valence-corrected chi connectivity index (χ0v) is 21.9. The van der Waals surface area contributed by atoms with Gasteiger partial charge in [0.25, 0.3) is 0 Å². The van der Waals surface area contributed by atoms with E-state index in [2.05, 4.69) is 37.4 Å². The van der Waals surface area contributed by atoms with E-state index in [0.29, 0.717) is 35.4 Å². The third kappa shape index (κ3) is 4.05. The molecule has 0 radical (unpaired) electrons. The number of carbonyl (C=O) groups is 1. The molecule has 4 aromatic rings. The van der Waals surface area contributed by atoms with Gasteiger partial charge in [0.15, 0.2) is 28.6 Å². The van der Waals surface area contributed by atoms with Crippen LogP contribution >= 0.6 is 0 Å². The molecule has 3 fully saturated rings. The molecule has 11 heteroatoms. The number of hydrogen-bond donors (Lipinski definition) is 4. The summed E-state index contributed by atoms with van der Waals surface area (Å²) in [6.45, 7) is 0. The lowest BCUT2D eigenvalue weighted by Crippen LogP contribution is -2.41. The summed E-state index contributed by atoms with van der Waals surface area (Å²) in [5, 5.41) is 27.9. The Bertz CT molecular complexity index is 1750. The molecule has 3 aliphatic rings. The lowest BCUT2D eigenvalue weighted by Gasteiger charge is -2.23. The van der Waals surface area contributed by atoms with Crippen molar-refractivity contribution in [1.29, 1.82) is 0 Å². The molecule has 2 aromatic heterocycles. The first-order chi connectivity index (χ1) is 19.8. The Hall–Kier alpha value is -4.40. The Kier molecular flexibility index (Phi) is 5.81. The average molecular weight is 557 g/mol. The molecule has 4 N–H and O–H groups in total. The van der Waals surface area contributed by atoms with Gasteiger partial charge in [0.1, 0.15) is 6.10 Å². The maximum absolute atomic E-state index is 13.8. The molecule has 1 amide bonds. The number of imidazole rings is 1. The van der Waals surface area contributed by atoms with Crippen LogP contribution in [-0.2, 0) is 4.79 Å². The number of nitrogens with one attached hydrogen (secondary N) is 2. The highest BCUT2D eigenvalue weighted by Crippen LogP contribution is 2.67. The number of hydrogen-bond acceptors (Lipinski definition) is 7. The minimum absolute atomic E-state index is 0.0394. The first kappa shape index (κ1) is 25.6. The molecule has 7 atom stereocenters. The Morgan fingerprint density at radius 3 is 2.66 bits per heavy atom. The van der Waals surface area contributed by atoms with Crippen LogP contribution in [0, 0.1) is 34.8 Å². The number of aliphatic hydroxyl groups excluding tert-OH is 2. The van der Waals surface area contributed by atoms with E-state index in [1.165, 1.54) is 19.4 Å². The highest BCUT2D eigenvalue weighted by atomic mass is 19.2. The third-order valence-electron chi connectivity index (χ3n) is 8.64. The molecule has 2 heterocycles. The number of nitrogens with zero attached hydrogens (tertiary/aromatic N) is 4. The van der Waals surface area contributed by atoms with Crippen LogP contribution in [0.1, 0.15) is 41.8 Å². The number of amides is 1. The van der Waals surface area contributed by atoms with Crippen molar-refractivity contribution in [2.75, 3.05) is 12.4 Å². The molecule has 0 aliphatic heterocycles. The summed E-state index contributed by atoms with van der Waals surface area (Å²) < 4.78 is 29.0. The molecule has 3 aliphatic carbocycles. The fraction of sp³-hybridized carbons (Fsp3) is 0.333. The number of aromatic nitrogens is 4. The predicted octanol–water partition coefficient (Wildman–Crippen LogP) is 2.50. The summed E-state index contributed by atoms with van der Waals surface area (Å²) in [4.78, 5) is 26.5. The van der Waals surface area contributed by atoms with E-state index in [1.807, 2.05) is 30.3 Å². The van der Waals surface area contributed by atoms with Gasteiger partial charge in [0.05, 0.1) is 23.9 Å². The van der Waals surface area contributed by atoms with Crippen molar-refractivity contribution in [1.82, 2.24) is 24.8 Å². The molecule has 0 spiro atoms. The van der Waals surface area contributed by atoms with Crippen LogP contribution in [0.25, 0.3) is 11.2 Å². The van der Waals surface area contributed by atoms with Gasteiger partial charge in [-0.05, 0) is 48.6 Å². The number of halogens is 2. The number of rotatable bonds is 5. The Labute approximate surface area is 233 Å². The number of benzene rings is 2. The molecule has 208 valence electrons. The molecule has 0 bridgehead atoms. The van der Waals surface area contributed by atoms with Crippen molar-refractivity contribution in [2.45, 2.75) is 43.1 Å². The number of fused-ring (bicyclic) bond motifs is 2. The van der Waals surface area contributed by atoms with E-state index in [0.717, 1.165) is 11.6 Å². The van der Waals surface area contributed by atoms with Crippen LogP contribution in [0.2, 0.25) is 0 Å². The smallest absolute Gasteiger partial charge is 0.229 e. The largest absolute Gasteiger partial charge is 0.389 e. The molecule has 0 saturated heterocycles. The topological polar surface area (TPSA) is 125 Å². The first-order valence-electron chi connectivity index (χ1n) is 13.4. The van der Waals surface area contributed by atoms with E-state index < -0.39 is 35.3 Å². The minimum Gasteiger partial charge on any atom is -0.389 e. The highest BCUT2D eigenvalue weighted by molar-refractivity contribution is 5.88. The normalized spacial score (nSPS) is 29.4. The fourth-order valence-electron chi connectivity index (χ4n) is 6.37. The third-order valence-corrected chi connectivity index (χ3v) is 8.64. The molecular weight excluding hydrogens is 530 g/mol. The zero-order chi connectivity index (χ0) is 28.5. The molecular formula is C30H26F2N6O3. The number of aliphatic hydroxyl groups is 2. The zero-order valence-electron chi connectivity index (χ0n) is 21.9. The SMILES string of the molecule is CNC(=O)C12CC1C(n1cnc3c(N[C@H]4C[C@@H]4c4ccc(F)c(F)c4)nc(C#Cc4ccccc4)nc31)C(O)C2O. The second-order valence-electron chi connectivity index (χ2n) is 11.0. The van der Waals surface area contributed by atoms with Gasteiger partial charge >= 0.3 is 0 Å². The summed E-state index contributed by atoms with van der Waals surface area (Å²) >= 11 is 0. The van der Waals surface area contributed by atoms with Gasteiger partial charge in [0.2, 0.25) is 11.7 Å². The summed E-state index contributed by atoms with van der Waals surface area (Å²) in [5.74, 6) is 4.29. The second-order valence-corrected chi connectivity index (χ2v) is 11.0. The van der Waals surface area contributed by atoms with Crippen molar-refractivity contribution < 1.29 is 23.8 Å². The van der Waals surface area contributed by atoms with E-state index in [1.54, 1.807) is 10.6 Å². The maximum Gasteiger partial charge on any atom is 0.229 e. The number of carbonyl (C=O) groups excluding carboxylic acids is 1. The first-order valence-corrected chi connectivity index (χ1v) is 13.4. The van der Waals surface area contributed by atoms with Crippen molar-refractivity contribution in [3.05, 3.63) is 83.4 Å². The average Bonchev–Trinajstić information content (AvgIpc) is 3.86. The summed E-state index contributed by atoms with van der Waals surface area (Å²) in [6.07, 6.45) is 0.235. The number of anilines is 1. The Balaban J connectivity index is 1.26. The van der Waals surface area contributed by atoms with Crippen molar-refractivity contribution in [2.24, 2.45) is 11.3 Å². The van der Waals surface area contributed by atoms with Crippen molar-refractivity contribution in [3.63, 3.8) is 0 Å². The van der Waals surface area contributed by atoms with E-state index in [-0.39, 0.29) is 29.6 Å². The van der Waals surface area contributed by atoms with Crippen LogP contribution in [-0.4, -0.2) is 60.9 Å². The van der Waals surface area contributed by atoms with Crippen molar-refractivity contribution in [3.8, 4) is 11.8 Å².